The second kappa shape index (κ2) is 8.85. The molecular weight excluding hydrogens is 332 g/mol. The Morgan fingerprint density at radius 2 is 1.59 bits per heavy atom. The van der Waals surface area contributed by atoms with Crippen LogP contribution in [-0.4, -0.2) is 12.6 Å². The molecule has 1 aliphatic heterocycles. The summed E-state index contributed by atoms with van der Waals surface area (Å²) >= 11 is 0. The van der Waals surface area contributed by atoms with E-state index in [4.69, 9.17) is 4.74 Å². The summed E-state index contributed by atoms with van der Waals surface area (Å²) in [7, 11) is 0. The summed E-state index contributed by atoms with van der Waals surface area (Å²) in [6.45, 7) is 1.92. The second-order valence-electron chi connectivity index (χ2n) is 7.03. The maximum Gasteiger partial charge on any atom is 0.127 e. The van der Waals surface area contributed by atoms with Gasteiger partial charge in [0.1, 0.15) is 11.5 Å². The third-order valence-corrected chi connectivity index (χ3v) is 5.06. The van der Waals surface area contributed by atoms with Crippen molar-refractivity contribution in [3.05, 3.63) is 96.1 Å². The Kier molecular flexibility index (Phi) is 5.83. The summed E-state index contributed by atoms with van der Waals surface area (Å²) in [6.07, 6.45) is 2.39. The molecule has 0 aromatic heterocycles. The fraction of sp³-hybridized carbons (Fsp3) is 0.250. The minimum atomic E-state index is 0.365. The maximum atomic E-state index is 5.96. The largest absolute Gasteiger partial charge is 0.457 e. The van der Waals surface area contributed by atoms with Crippen LogP contribution >= 0.6 is 0 Å². The molecule has 1 heterocycles. The Hall–Kier alpha value is -2.62. The van der Waals surface area contributed by atoms with Crippen LogP contribution in [0.1, 0.15) is 30.0 Å². The molecule has 0 spiro atoms. The summed E-state index contributed by atoms with van der Waals surface area (Å²) in [5.74, 6) is 1.74. The van der Waals surface area contributed by atoms with Crippen molar-refractivity contribution in [2.24, 2.45) is 0 Å². The summed E-state index contributed by atoms with van der Waals surface area (Å²) in [6, 6.07) is 29.8. The van der Waals surface area contributed by atoms with E-state index in [2.05, 4.69) is 59.2 Å². The van der Waals surface area contributed by atoms with E-state index in [-0.39, 0.29) is 0 Å². The van der Waals surface area contributed by atoms with Crippen LogP contribution in [0.15, 0.2) is 84.9 Å². The van der Waals surface area contributed by atoms with Gasteiger partial charge in [0.2, 0.25) is 0 Å². The second-order valence-corrected chi connectivity index (χ2v) is 7.03. The van der Waals surface area contributed by atoms with Crippen molar-refractivity contribution in [1.82, 2.24) is 10.6 Å². The van der Waals surface area contributed by atoms with Crippen molar-refractivity contribution in [1.29, 1.82) is 0 Å². The number of rotatable bonds is 6. The fourth-order valence-electron chi connectivity index (χ4n) is 3.71. The van der Waals surface area contributed by atoms with Crippen LogP contribution < -0.4 is 15.4 Å². The van der Waals surface area contributed by atoms with Gasteiger partial charge < -0.3 is 15.4 Å². The van der Waals surface area contributed by atoms with Crippen LogP contribution in [0.4, 0.5) is 0 Å². The number of benzene rings is 3. The average Bonchev–Trinajstić information content (AvgIpc) is 2.74. The summed E-state index contributed by atoms with van der Waals surface area (Å²) in [5.41, 5.74) is 2.59. The predicted octanol–water partition coefficient (Wildman–Crippen LogP) is 5.06. The van der Waals surface area contributed by atoms with Gasteiger partial charge in [0.25, 0.3) is 0 Å². The molecule has 1 saturated heterocycles. The molecule has 1 aliphatic rings. The van der Waals surface area contributed by atoms with Crippen molar-refractivity contribution in [3.63, 3.8) is 0 Å². The van der Waals surface area contributed by atoms with Crippen LogP contribution in [0.25, 0.3) is 0 Å². The highest BCUT2D eigenvalue weighted by molar-refractivity contribution is 5.34. The third-order valence-electron chi connectivity index (χ3n) is 5.06. The molecule has 0 bridgehead atoms. The van der Waals surface area contributed by atoms with Crippen LogP contribution in [0, 0.1) is 0 Å². The first-order valence-corrected chi connectivity index (χ1v) is 9.72. The minimum absolute atomic E-state index is 0.365. The van der Waals surface area contributed by atoms with Crippen molar-refractivity contribution in [2.75, 3.05) is 6.54 Å². The van der Waals surface area contributed by atoms with Gasteiger partial charge in [-0.15, -0.1) is 0 Å². The number of nitrogens with one attached hydrogen (secondary N) is 2. The van der Waals surface area contributed by atoms with E-state index in [0.29, 0.717) is 12.1 Å². The summed E-state index contributed by atoms with van der Waals surface area (Å²) in [4.78, 5) is 0. The first-order valence-electron chi connectivity index (χ1n) is 9.72. The van der Waals surface area contributed by atoms with Gasteiger partial charge in [0.05, 0.1) is 0 Å². The van der Waals surface area contributed by atoms with E-state index in [0.717, 1.165) is 24.6 Å². The molecule has 0 radical (unpaired) electrons. The number of ether oxygens (including phenoxy) is 1. The van der Waals surface area contributed by atoms with Crippen LogP contribution in [0.3, 0.4) is 0 Å². The first kappa shape index (κ1) is 17.8. The SMILES string of the molecule is c1ccc(Oc2cccc(CNC3CCCNC3c3ccccc3)c2)cc1. The van der Waals surface area contributed by atoms with Gasteiger partial charge in [-0.05, 0) is 54.8 Å². The van der Waals surface area contributed by atoms with Gasteiger partial charge in [-0.3, -0.25) is 0 Å². The van der Waals surface area contributed by atoms with Gasteiger partial charge in [-0.1, -0.05) is 60.7 Å². The van der Waals surface area contributed by atoms with E-state index in [1.54, 1.807) is 0 Å². The van der Waals surface area contributed by atoms with Gasteiger partial charge in [-0.25, -0.2) is 0 Å². The Balaban J connectivity index is 1.41. The quantitative estimate of drug-likeness (QED) is 0.646. The number of para-hydroxylation sites is 1. The molecule has 0 amide bonds. The maximum absolute atomic E-state index is 5.96. The highest BCUT2D eigenvalue weighted by atomic mass is 16.5. The highest BCUT2D eigenvalue weighted by Crippen LogP contribution is 2.25. The number of piperidine rings is 1. The van der Waals surface area contributed by atoms with Gasteiger partial charge in [0, 0.05) is 18.6 Å². The third kappa shape index (κ3) is 4.76. The molecule has 3 nitrogen and oxygen atoms in total. The van der Waals surface area contributed by atoms with Crippen molar-refractivity contribution in [2.45, 2.75) is 31.5 Å². The van der Waals surface area contributed by atoms with Crippen LogP contribution in [-0.2, 0) is 6.54 Å². The first-order chi connectivity index (χ1) is 13.4. The minimum Gasteiger partial charge on any atom is -0.457 e. The van der Waals surface area contributed by atoms with E-state index < -0.39 is 0 Å². The van der Waals surface area contributed by atoms with E-state index in [1.807, 2.05) is 36.4 Å². The molecular formula is C24H26N2O. The Labute approximate surface area is 161 Å². The predicted molar refractivity (Wildman–Crippen MR) is 110 cm³/mol. The summed E-state index contributed by atoms with van der Waals surface area (Å²) < 4.78 is 5.96. The molecule has 2 unspecified atom stereocenters. The molecule has 0 saturated carbocycles. The lowest BCUT2D eigenvalue weighted by Gasteiger charge is -2.34. The fourth-order valence-corrected chi connectivity index (χ4v) is 3.71. The van der Waals surface area contributed by atoms with Gasteiger partial charge in [0.15, 0.2) is 0 Å². The molecule has 2 N–H and O–H groups in total. The molecule has 27 heavy (non-hydrogen) atoms. The highest BCUT2D eigenvalue weighted by Gasteiger charge is 2.25. The molecule has 3 aromatic rings. The standard InChI is InChI=1S/C24H26N2O/c1-3-10-20(11-4-1)24-23(15-8-16-25-24)26-18-19-9-7-14-22(17-19)27-21-12-5-2-6-13-21/h1-7,9-14,17,23-26H,8,15-16,18H2. The summed E-state index contributed by atoms with van der Waals surface area (Å²) in [5, 5.41) is 7.44. The molecule has 138 valence electrons. The Morgan fingerprint density at radius 3 is 2.41 bits per heavy atom. The molecule has 3 heteroatoms. The average molecular weight is 358 g/mol. The molecule has 0 aliphatic carbocycles. The zero-order chi connectivity index (χ0) is 18.3. The number of hydrogen-bond donors (Lipinski definition) is 2. The Bertz CT molecular complexity index is 835. The lowest BCUT2D eigenvalue weighted by molar-refractivity contribution is 0.304. The van der Waals surface area contributed by atoms with E-state index in [1.165, 1.54) is 24.0 Å². The zero-order valence-electron chi connectivity index (χ0n) is 15.5. The van der Waals surface area contributed by atoms with Gasteiger partial charge >= 0.3 is 0 Å². The normalized spacial score (nSPS) is 19.6. The molecule has 4 rings (SSSR count). The lowest BCUT2D eigenvalue weighted by Crippen LogP contribution is -2.45. The topological polar surface area (TPSA) is 33.3 Å². The van der Waals surface area contributed by atoms with Crippen molar-refractivity contribution >= 4 is 0 Å². The van der Waals surface area contributed by atoms with E-state index in [9.17, 15) is 0 Å². The van der Waals surface area contributed by atoms with Gasteiger partial charge in [-0.2, -0.15) is 0 Å². The molecule has 3 aromatic carbocycles. The number of hydrogen-bond acceptors (Lipinski definition) is 3. The van der Waals surface area contributed by atoms with Crippen LogP contribution in [0.2, 0.25) is 0 Å². The monoisotopic (exact) mass is 358 g/mol. The lowest BCUT2D eigenvalue weighted by atomic mass is 9.92. The molecule has 1 fully saturated rings. The Morgan fingerprint density at radius 1 is 0.852 bits per heavy atom. The smallest absolute Gasteiger partial charge is 0.127 e. The zero-order valence-corrected chi connectivity index (χ0v) is 15.5. The van der Waals surface area contributed by atoms with E-state index >= 15 is 0 Å². The van der Waals surface area contributed by atoms with Crippen molar-refractivity contribution < 1.29 is 4.74 Å². The molecule has 2 atom stereocenters. The van der Waals surface area contributed by atoms with Crippen LogP contribution in [0.5, 0.6) is 11.5 Å². The van der Waals surface area contributed by atoms with Crippen molar-refractivity contribution in [3.8, 4) is 11.5 Å².